The molecule has 0 bridgehead atoms. The topological polar surface area (TPSA) is 243 Å². The Balaban J connectivity index is 2.03. The van der Waals surface area contributed by atoms with Gasteiger partial charge in [-0.1, -0.05) is 12.1 Å². The number of benzene rings is 1. The van der Waals surface area contributed by atoms with E-state index in [1.807, 2.05) is 0 Å². The predicted molar refractivity (Wildman–Crippen MR) is 120 cm³/mol. The molecule has 1 heterocycles. The van der Waals surface area contributed by atoms with E-state index in [9.17, 15) is 34.2 Å². The van der Waals surface area contributed by atoms with Crippen molar-refractivity contribution in [2.24, 2.45) is 11.5 Å². The number of carbonyl (C=O) groups is 5. The number of aromatic nitrogens is 2. The second-order valence-corrected chi connectivity index (χ2v) is 7.67. The van der Waals surface area contributed by atoms with Crippen molar-refractivity contribution in [2.45, 2.75) is 37.4 Å². The molecular formula is C21H27N7O7. The SMILES string of the molecule is NC(=O)CC(NC(=O)C(Cc1ccc(O)cc1)NC(=O)CNC(=O)C(N)Cc1cnc[nH]1)C(=O)O. The molecule has 3 unspecified atom stereocenters. The first kappa shape index (κ1) is 26.8. The Morgan fingerprint density at radius 2 is 1.69 bits per heavy atom. The van der Waals surface area contributed by atoms with Gasteiger partial charge in [-0.25, -0.2) is 9.78 Å². The number of amides is 4. The van der Waals surface area contributed by atoms with Gasteiger partial charge >= 0.3 is 5.97 Å². The van der Waals surface area contributed by atoms with Crippen LogP contribution in [0.15, 0.2) is 36.8 Å². The molecule has 2 aromatic rings. The zero-order valence-electron chi connectivity index (χ0n) is 18.6. The molecule has 0 radical (unpaired) electrons. The second-order valence-electron chi connectivity index (χ2n) is 7.67. The third-order valence-electron chi connectivity index (χ3n) is 4.80. The van der Waals surface area contributed by atoms with E-state index in [2.05, 4.69) is 25.9 Å². The van der Waals surface area contributed by atoms with Gasteiger partial charge in [0.25, 0.3) is 0 Å². The van der Waals surface area contributed by atoms with Crippen molar-refractivity contribution in [1.82, 2.24) is 25.9 Å². The highest BCUT2D eigenvalue weighted by Gasteiger charge is 2.28. The number of hydrogen-bond donors (Lipinski definition) is 8. The molecule has 1 aromatic carbocycles. The number of carboxylic acids is 1. The minimum Gasteiger partial charge on any atom is -0.508 e. The van der Waals surface area contributed by atoms with Gasteiger partial charge in [-0.2, -0.15) is 0 Å². The van der Waals surface area contributed by atoms with E-state index in [4.69, 9.17) is 11.5 Å². The van der Waals surface area contributed by atoms with E-state index >= 15 is 0 Å². The largest absolute Gasteiger partial charge is 0.508 e. The monoisotopic (exact) mass is 489 g/mol. The van der Waals surface area contributed by atoms with Crippen molar-refractivity contribution in [3.63, 3.8) is 0 Å². The molecular weight excluding hydrogens is 462 g/mol. The molecule has 0 aliphatic rings. The van der Waals surface area contributed by atoms with Crippen LogP contribution >= 0.6 is 0 Å². The van der Waals surface area contributed by atoms with E-state index in [1.54, 1.807) is 0 Å². The average molecular weight is 489 g/mol. The molecule has 10 N–H and O–H groups in total. The highest BCUT2D eigenvalue weighted by molar-refractivity contribution is 5.93. The first-order valence-electron chi connectivity index (χ1n) is 10.4. The van der Waals surface area contributed by atoms with Gasteiger partial charge in [-0.05, 0) is 17.7 Å². The van der Waals surface area contributed by atoms with Gasteiger partial charge in [0.05, 0.1) is 25.3 Å². The van der Waals surface area contributed by atoms with Crippen LogP contribution in [0.5, 0.6) is 5.75 Å². The fourth-order valence-corrected chi connectivity index (χ4v) is 3.02. The summed E-state index contributed by atoms with van der Waals surface area (Å²) in [6, 6.07) is 1.95. The maximum atomic E-state index is 12.8. The first-order valence-corrected chi connectivity index (χ1v) is 10.4. The molecule has 2 rings (SSSR count). The molecule has 14 nitrogen and oxygen atoms in total. The molecule has 0 fully saturated rings. The van der Waals surface area contributed by atoms with E-state index in [1.165, 1.54) is 36.8 Å². The third kappa shape index (κ3) is 9.13. The number of primary amides is 1. The molecule has 14 heteroatoms. The minimum atomic E-state index is -1.60. The minimum absolute atomic E-state index is 0.0135. The van der Waals surface area contributed by atoms with Crippen LogP contribution in [0.3, 0.4) is 0 Å². The number of carbonyl (C=O) groups excluding carboxylic acids is 4. The van der Waals surface area contributed by atoms with Gasteiger partial charge in [-0.3, -0.25) is 19.2 Å². The number of phenols is 1. The molecule has 188 valence electrons. The van der Waals surface area contributed by atoms with Crippen molar-refractivity contribution >= 4 is 29.6 Å². The first-order chi connectivity index (χ1) is 16.5. The molecule has 1 aromatic heterocycles. The number of H-pyrrole nitrogens is 1. The summed E-state index contributed by atoms with van der Waals surface area (Å²) in [5.41, 5.74) is 12.0. The number of hydrogen-bond acceptors (Lipinski definition) is 8. The lowest BCUT2D eigenvalue weighted by atomic mass is 10.0. The normalized spacial score (nSPS) is 13.2. The molecule has 0 aliphatic carbocycles. The van der Waals surface area contributed by atoms with Crippen LogP contribution in [-0.4, -0.2) is 74.4 Å². The number of imidazole rings is 1. The van der Waals surface area contributed by atoms with Crippen molar-refractivity contribution < 1.29 is 34.2 Å². The van der Waals surface area contributed by atoms with Crippen molar-refractivity contribution in [1.29, 1.82) is 0 Å². The summed E-state index contributed by atoms with van der Waals surface area (Å²) >= 11 is 0. The number of nitrogens with two attached hydrogens (primary N) is 2. The van der Waals surface area contributed by atoms with Crippen LogP contribution in [0, 0.1) is 0 Å². The van der Waals surface area contributed by atoms with E-state index in [0.29, 0.717) is 11.3 Å². The quantitative estimate of drug-likeness (QED) is 0.145. The Labute approximate surface area is 199 Å². The standard InChI is InChI=1S/C21H27N7O7/c22-14(6-12-8-24-10-26-12)19(32)25-9-18(31)27-15(5-11-1-3-13(29)4-2-11)20(33)28-16(21(34)35)7-17(23)30/h1-4,8,10,14-16,29H,5-7,9,22H2,(H2,23,30)(H,24,26)(H,25,32)(H,27,31)(H,28,33)(H,34,35). The highest BCUT2D eigenvalue weighted by atomic mass is 16.4. The van der Waals surface area contributed by atoms with Crippen LogP contribution in [0.1, 0.15) is 17.7 Å². The fourth-order valence-electron chi connectivity index (χ4n) is 3.02. The molecule has 0 saturated carbocycles. The lowest BCUT2D eigenvalue weighted by molar-refractivity contribution is -0.143. The summed E-state index contributed by atoms with van der Waals surface area (Å²) in [6.07, 6.45) is 2.38. The summed E-state index contributed by atoms with van der Waals surface area (Å²) in [7, 11) is 0. The number of nitrogens with zero attached hydrogens (tertiary/aromatic N) is 1. The van der Waals surface area contributed by atoms with Crippen molar-refractivity contribution in [3.8, 4) is 5.75 Å². The summed E-state index contributed by atoms with van der Waals surface area (Å²) in [5.74, 6) is -4.67. The lowest BCUT2D eigenvalue weighted by Gasteiger charge is -2.21. The smallest absolute Gasteiger partial charge is 0.326 e. The summed E-state index contributed by atoms with van der Waals surface area (Å²) in [6.45, 7) is -0.501. The maximum absolute atomic E-state index is 12.8. The zero-order chi connectivity index (χ0) is 26.0. The molecule has 3 atom stereocenters. The predicted octanol–water partition coefficient (Wildman–Crippen LogP) is -2.73. The maximum Gasteiger partial charge on any atom is 0.326 e. The van der Waals surface area contributed by atoms with Gasteiger partial charge in [0.15, 0.2) is 0 Å². The number of aliphatic carboxylic acids is 1. The molecule has 35 heavy (non-hydrogen) atoms. The van der Waals surface area contributed by atoms with Gasteiger partial charge < -0.3 is 42.6 Å². The van der Waals surface area contributed by atoms with Crippen molar-refractivity contribution in [3.05, 3.63) is 48.0 Å². The number of aromatic hydroxyl groups is 1. The van der Waals surface area contributed by atoms with Gasteiger partial charge in [0.1, 0.15) is 17.8 Å². The molecule has 0 spiro atoms. The Hall–Kier alpha value is -4.46. The third-order valence-corrected chi connectivity index (χ3v) is 4.80. The average Bonchev–Trinajstić information content (AvgIpc) is 3.30. The zero-order valence-corrected chi connectivity index (χ0v) is 18.6. The Bertz CT molecular complexity index is 1040. The van der Waals surface area contributed by atoms with E-state index in [0.717, 1.165) is 0 Å². The number of nitrogens with one attached hydrogen (secondary N) is 4. The fraction of sp³-hybridized carbons (Fsp3) is 0.333. The highest BCUT2D eigenvalue weighted by Crippen LogP contribution is 2.12. The number of rotatable bonds is 13. The van der Waals surface area contributed by atoms with E-state index < -0.39 is 60.7 Å². The molecule has 0 saturated heterocycles. The Kier molecular flexibility index (Phi) is 9.71. The van der Waals surface area contributed by atoms with E-state index in [-0.39, 0.29) is 18.6 Å². The number of phenolic OH excluding ortho intramolecular Hbond substituents is 1. The number of carboxylic acid groups (broad SMARTS) is 1. The van der Waals surface area contributed by atoms with Gasteiger partial charge in [0.2, 0.25) is 23.6 Å². The molecule has 0 aliphatic heterocycles. The van der Waals surface area contributed by atoms with Crippen LogP contribution in [0.4, 0.5) is 0 Å². The van der Waals surface area contributed by atoms with Crippen LogP contribution < -0.4 is 27.4 Å². The lowest BCUT2D eigenvalue weighted by Crippen LogP contribution is -2.55. The Morgan fingerprint density at radius 3 is 2.26 bits per heavy atom. The van der Waals surface area contributed by atoms with Crippen LogP contribution in [0.25, 0.3) is 0 Å². The van der Waals surface area contributed by atoms with Gasteiger partial charge in [-0.15, -0.1) is 0 Å². The summed E-state index contributed by atoms with van der Waals surface area (Å²) < 4.78 is 0. The van der Waals surface area contributed by atoms with Gasteiger partial charge in [0, 0.05) is 24.7 Å². The summed E-state index contributed by atoms with van der Waals surface area (Å²) in [4.78, 5) is 66.5. The molecule has 4 amide bonds. The summed E-state index contributed by atoms with van der Waals surface area (Å²) in [5, 5.41) is 25.6. The Morgan fingerprint density at radius 1 is 1.00 bits per heavy atom. The van der Waals surface area contributed by atoms with Crippen LogP contribution in [-0.2, 0) is 36.8 Å². The number of aromatic amines is 1. The second kappa shape index (κ2) is 12.7. The van der Waals surface area contributed by atoms with Crippen molar-refractivity contribution in [2.75, 3.05) is 6.54 Å². The van der Waals surface area contributed by atoms with Crippen LogP contribution in [0.2, 0.25) is 0 Å².